The van der Waals surface area contributed by atoms with Crippen LogP contribution in [0.5, 0.6) is 0 Å². The quantitative estimate of drug-likeness (QED) is 0.211. The zero-order chi connectivity index (χ0) is 22.6. The van der Waals surface area contributed by atoms with Gasteiger partial charge in [0.15, 0.2) is 6.29 Å². The molecule has 5 unspecified atom stereocenters. The molecule has 2 fully saturated rings. The van der Waals surface area contributed by atoms with E-state index in [1.54, 1.807) is 0 Å². The van der Waals surface area contributed by atoms with E-state index >= 15 is 0 Å². The van der Waals surface area contributed by atoms with Crippen LogP contribution in [0.3, 0.4) is 0 Å². The summed E-state index contributed by atoms with van der Waals surface area (Å²) in [5.41, 5.74) is 0. The highest BCUT2D eigenvalue weighted by Crippen LogP contribution is 2.43. The molecule has 1 aliphatic carbocycles. The molecule has 182 valence electrons. The first kappa shape index (κ1) is 25.4. The van der Waals surface area contributed by atoms with Crippen molar-refractivity contribution in [3.05, 3.63) is 12.2 Å². The van der Waals surface area contributed by atoms with E-state index < -0.39 is 0 Å². The van der Waals surface area contributed by atoms with Gasteiger partial charge in [-0.2, -0.15) is 0 Å². The summed E-state index contributed by atoms with van der Waals surface area (Å²) in [5.74, 6) is 0.725. The van der Waals surface area contributed by atoms with E-state index in [1.165, 1.54) is 19.3 Å². The van der Waals surface area contributed by atoms with Gasteiger partial charge in [-0.25, -0.2) is 0 Å². The summed E-state index contributed by atoms with van der Waals surface area (Å²) in [6.07, 6.45) is 19.1. The molecule has 3 rings (SSSR count). The van der Waals surface area contributed by atoms with Gasteiger partial charge in [0.2, 0.25) is 0 Å². The predicted octanol–water partition coefficient (Wildman–Crippen LogP) is 6.29. The van der Waals surface area contributed by atoms with Crippen molar-refractivity contribution < 1.29 is 23.8 Å². The smallest absolute Gasteiger partial charge is 0.306 e. The first-order valence-electron chi connectivity index (χ1n) is 13.3. The molecule has 1 saturated carbocycles. The molecular formula is C27H44O5. The van der Waals surface area contributed by atoms with Crippen LogP contribution in [0.25, 0.3) is 0 Å². The van der Waals surface area contributed by atoms with Crippen LogP contribution in [0.4, 0.5) is 0 Å². The molecule has 0 aromatic heterocycles. The Balaban J connectivity index is 1.60. The van der Waals surface area contributed by atoms with Gasteiger partial charge in [-0.15, -0.1) is 0 Å². The van der Waals surface area contributed by atoms with Crippen molar-refractivity contribution in [1.29, 1.82) is 0 Å². The summed E-state index contributed by atoms with van der Waals surface area (Å²) in [4.78, 5) is 24.9. The van der Waals surface area contributed by atoms with Crippen LogP contribution in [-0.2, 0) is 23.8 Å². The van der Waals surface area contributed by atoms with Crippen molar-refractivity contribution in [2.45, 2.75) is 128 Å². The van der Waals surface area contributed by atoms with E-state index in [9.17, 15) is 9.59 Å². The Morgan fingerprint density at radius 3 is 2.78 bits per heavy atom. The molecule has 1 saturated heterocycles. The van der Waals surface area contributed by atoms with Crippen LogP contribution >= 0.6 is 0 Å². The fraction of sp³-hybridized carbons (Fsp3) is 0.852. The molecule has 0 amide bonds. The van der Waals surface area contributed by atoms with Gasteiger partial charge in [-0.1, -0.05) is 44.8 Å². The van der Waals surface area contributed by atoms with Crippen molar-refractivity contribution in [3.8, 4) is 0 Å². The lowest BCUT2D eigenvalue weighted by atomic mass is 9.85. The molecule has 2 heterocycles. The number of hydrogen-bond donors (Lipinski definition) is 0. The fourth-order valence-corrected chi connectivity index (χ4v) is 5.50. The zero-order valence-electron chi connectivity index (χ0n) is 20.1. The Hall–Kier alpha value is -1.20. The Labute approximate surface area is 194 Å². The summed E-state index contributed by atoms with van der Waals surface area (Å²) in [6, 6.07) is 0. The highest BCUT2D eigenvalue weighted by molar-refractivity contribution is 5.78. The molecule has 0 bridgehead atoms. The molecular weight excluding hydrogens is 404 g/mol. The van der Waals surface area contributed by atoms with Crippen molar-refractivity contribution in [3.63, 3.8) is 0 Å². The third-order valence-corrected chi connectivity index (χ3v) is 7.36. The minimum atomic E-state index is -0.160. The number of ether oxygens (including phenoxy) is 3. The van der Waals surface area contributed by atoms with Crippen LogP contribution in [0, 0.1) is 11.8 Å². The standard InChI is InChI=1S/C27H44O5/c1-2-3-4-5-8-13-21(28)17-18-23-22-14-9-6-7-10-15-26(29)31-24(22)20-25(23)32-27-16-11-12-19-30-27/h6,9,22-25,27H,2-5,7-8,10-20H2,1H3. The van der Waals surface area contributed by atoms with Gasteiger partial charge in [0.25, 0.3) is 0 Å². The van der Waals surface area contributed by atoms with Gasteiger partial charge >= 0.3 is 5.97 Å². The molecule has 0 radical (unpaired) electrons. The fourth-order valence-electron chi connectivity index (χ4n) is 5.50. The summed E-state index contributed by atoms with van der Waals surface area (Å²) in [5, 5.41) is 0. The molecule has 0 aromatic carbocycles. The number of fused-ring (bicyclic) bond motifs is 1. The first-order valence-corrected chi connectivity index (χ1v) is 13.3. The molecule has 5 heteroatoms. The molecule has 3 aliphatic rings. The molecule has 5 atom stereocenters. The number of Topliss-reactive ketones (excluding diaryl/α,β-unsaturated/α-hetero) is 1. The number of esters is 1. The van der Waals surface area contributed by atoms with Crippen molar-refractivity contribution >= 4 is 11.8 Å². The van der Waals surface area contributed by atoms with E-state index in [0.717, 1.165) is 70.8 Å². The van der Waals surface area contributed by atoms with Crippen molar-refractivity contribution in [2.24, 2.45) is 11.8 Å². The van der Waals surface area contributed by atoms with Gasteiger partial charge in [0.05, 0.1) is 6.10 Å². The normalized spacial score (nSPS) is 31.2. The van der Waals surface area contributed by atoms with Crippen LogP contribution in [0.1, 0.15) is 110 Å². The molecule has 0 aromatic rings. The monoisotopic (exact) mass is 448 g/mol. The van der Waals surface area contributed by atoms with Gasteiger partial charge in [-0.3, -0.25) is 9.59 Å². The number of hydrogen-bond acceptors (Lipinski definition) is 5. The Morgan fingerprint density at radius 2 is 1.97 bits per heavy atom. The summed E-state index contributed by atoms with van der Waals surface area (Å²) >= 11 is 0. The Morgan fingerprint density at radius 1 is 1.09 bits per heavy atom. The second-order valence-electron chi connectivity index (χ2n) is 9.90. The van der Waals surface area contributed by atoms with Gasteiger partial charge < -0.3 is 14.2 Å². The molecule has 0 spiro atoms. The number of rotatable bonds is 11. The van der Waals surface area contributed by atoms with E-state index in [-0.39, 0.29) is 36.3 Å². The van der Waals surface area contributed by atoms with Crippen LogP contribution < -0.4 is 0 Å². The number of unbranched alkanes of at least 4 members (excludes halogenated alkanes) is 4. The number of allylic oxidation sites excluding steroid dienone is 2. The maximum atomic E-state index is 12.6. The lowest BCUT2D eigenvalue weighted by Crippen LogP contribution is -2.31. The number of carbonyl (C=O) groups excluding carboxylic acids is 2. The van der Waals surface area contributed by atoms with Gasteiger partial charge in [0.1, 0.15) is 11.9 Å². The third kappa shape index (κ3) is 8.30. The van der Waals surface area contributed by atoms with E-state index in [4.69, 9.17) is 14.2 Å². The minimum absolute atomic E-state index is 0.00703. The largest absolute Gasteiger partial charge is 0.462 e. The third-order valence-electron chi connectivity index (χ3n) is 7.36. The summed E-state index contributed by atoms with van der Waals surface area (Å²) < 4.78 is 18.2. The van der Waals surface area contributed by atoms with E-state index in [1.807, 2.05) is 0 Å². The lowest BCUT2D eigenvalue weighted by molar-refractivity contribution is -0.196. The first-order chi connectivity index (χ1) is 15.7. The highest BCUT2D eigenvalue weighted by atomic mass is 16.7. The van der Waals surface area contributed by atoms with E-state index in [0.29, 0.717) is 25.0 Å². The van der Waals surface area contributed by atoms with Crippen molar-refractivity contribution in [2.75, 3.05) is 6.61 Å². The second-order valence-corrected chi connectivity index (χ2v) is 9.90. The predicted molar refractivity (Wildman–Crippen MR) is 125 cm³/mol. The van der Waals surface area contributed by atoms with Crippen LogP contribution in [-0.4, -0.2) is 36.9 Å². The summed E-state index contributed by atoms with van der Waals surface area (Å²) in [7, 11) is 0. The van der Waals surface area contributed by atoms with Crippen molar-refractivity contribution in [1.82, 2.24) is 0 Å². The zero-order valence-corrected chi connectivity index (χ0v) is 20.1. The van der Waals surface area contributed by atoms with Gasteiger partial charge in [-0.05, 0) is 57.3 Å². The van der Waals surface area contributed by atoms with Gasteiger partial charge in [0, 0.05) is 38.2 Å². The maximum absolute atomic E-state index is 12.6. The molecule has 0 N–H and O–H groups in total. The lowest BCUT2D eigenvalue weighted by Gasteiger charge is -2.30. The van der Waals surface area contributed by atoms with Crippen LogP contribution in [0.15, 0.2) is 12.2 Å². The Bertz CT molecular complexity index is 595. The summed E-state index contributed by atoms with van der Waals surface area (Å²) in [6.45, 7) is 2.96. The highest BCUT2D eigenvalue weighted by Gasteiger charge is 2.46. The second kappa shape index (κ2) is 14.1. The Kier molecular flexibility index (Phi) is 11.2. The minimum Gasteiger partial charge on any atom is -0.462 e. The topological polar surface area (TPSA) is 61.8 Å². The van der Waals surface area contributed by atoms with E-state index in [2.05, 4.69) is 19.1 Å². The number of ketones is 1. The molecule has 2 aliphatic heterocycles. The maximum Gasteiger partial charge on any atom is 0.306 e. The SMILES string of the molecule is CCCCCCCC(=O)CCC1C(OC2CCCCO2)CC2OC(=O)CCCC=CCC21. The average Bonchev–Trinajstić information content (AvgIpc) is 3.10. The molecule has 32 heavy (non-hydrogen) atoms. The average molecular weight is 449 g/mol. The molecule has 5 nitrogen and oxygen atoms in total. The van der Waals surface area contributed by atoms with Crippen LogP contribution in [0.2, 0.25) is 0 Å². The number of carbonyl (C=O) groups is 2.